The number of ether oxygens (including phenoxy) is 2. The first-order valence-electron chi connectivity index (χ1n) is 9.62. The lowest BCUT2D eigenvalue weighted by Gasteiger charge is -2.26. The fraction of sp³-hybridized carbons (Fsp3) is 0.174. The van der Waals surface area contributed by atoms with Gasteiger partial charge in [-0.05, 0) is 48.9 Å². The van der Waals surface area contributed by atoms with Gasteiger partial charge < -0.3 is 14.8 Å². The zero-order valence-electron chi connectivity index (χ0n) is 17.8. The Morgan fingerprint density at radius 2 is 1.72 bits per heavy atom. The fourth-order valence-electron chi connectivity index (χ4n) is 3.12. The number of methoxy groups -OCH3 is 2. The molecule has 0 heterocycles. The van der Waals surface area contributed by atoms with Crippen LogP contribution in [0.25, 0.3) is 0 Å². The first kappa shape index (κ1) is 23.4. The third-order valence-corrected chi connectivity index (χ3v) is 6.99. The first-order chi connectivity index (χ1) is 15.3. The lowest BCUT2D eigenvalue weighted by molar-refractivity contribution is -0.114. The highest BCUT2D eigenvalue weighted by Gasteiger charge is 2.29. The molecule has 3 rings (SSSR count). The van der Waals surface area contributed by atoms with Crippen LogP contribution in [0, 0.1) is 6.92 Å². The van der Waals surface area contributed by atoms with Gasteiger partial charge in [0, 0.05) is 11.1 Å². The second-order valence-electron chi connectivity index (χ2n) is 6.82. The van der Waals surface area contributed by atoms with Crippen LogP contribution in [0.5, 0.6) is 11.5 Å². The van der Waals surface area contributed by atoms with Crippen molar-refractivity contribution in [2.24, 2.45) is 0 Å². The van der Waals surface area contributed by atoms with Crippen LogP contribution in [0.4, 0.5) is 11.4 Å². The standard InChI is InChI=1S/C23H23ClN2O5S/c1-16-19(24)10-7-11-21(16)26(32(28,29)18-8-5-4-6-9-18)15-23(27)25-20-14-17(30-2)12-13-22(20)31-3/h4-14H,15H2,1-3H3,(H,25,27). The van der Waals surface area contributed by atoms with Gasteiger partial charge in [0.25, 0.3) is 10.0 Å². The number of nitrogens with one attached hydrogen (secondary N) is 1. The molecule has 3 aromatic carbocycles. The van der Waals surface area contributed by atoms with E-state index in [1.54, 1.807) is 61.5 Å². The highest BCUT2D eigenvalue weighted by molar-refractivity contribution is 7.92. The third-order valence-electron chi connectivity index (χ3n) is 4.81. The maximum Gasteiger partial charge on any atom is 0.264 e. The Balaban J connectivity index is 2.00. The van der Waals surface area contributed by atoms with Crippen LogP contribution >= 0.6 is 11.6 Å². The summed E-state index contributed by atoms with van der Waals surface area (Å²) in [5, 5.41) is 3.11. The average molecular weight is 475 g/mol. The topological polar surface area (TPSA) is 84.9 Å². The molecule has 0 bridgehead atoms. The Kier molecular flexibility index (Phi) is 7.27. The van der Waals surface area contributed by atoms with E-state index in [0.29, 0.717) is 33.5 Å². The molecule has 168 valence electrons. The molecule has 0 saturated heterocycles. The lowest BCUT2D eigenvalue weighted by Crippen LogP contribution is -2.38. The number of carbonyl (C=O) groups excluding carboxylic acids is 1. The molecule has 0 aliphatic rings. The third kappa shape index (κ3) is 4.98. The second-order valence-corrected chi connectivity index (χ2v) is 9.09. The lowest BCUT2D eigenvalue weighted by atomic mass is 10.2. The second kappa shape index (κ2) is 9.93. The number of anilines is 2. The zero-order chi connectivity index (χ0) is 23.3. The Morgan fingerprint density at radius 1 is 1.00 bits per heavy atom. The van der Waals surface area contributed by atoms with Crippen molar-refractivity contribution >= 4 is 38.9 Å². The van der Waals surface area contributed by atoms with Gasteiger partial charge >= 0.3 is 0 Å². The molecule has 7 nitrogen and oxygen atoms in total. The summed E-state index contributed by atoms with van der Waals surface area (Å²) < 4.78 is 38.5. The van der Waals surface area contributed by atoms with E-state index < -0.39 is 22.5 Å². The molecule has 0 unspecified atom stereocenters. The minimum atomic E-state index is -4.05. The SMILES string of the molecule is COc1ccc(OC)c(NC(=O)CN(c2cccc(Cl)c2C)S(=O)(=O)c2ccccc2)c1. The number of amides is 1. The summed E-state index contributed by atoms with van der Waals surface area (Å²) in [6.45, 7) is 1.23. The van der Waals surface area contributed by atoms with Crippen LogP contribution in [-0.4, -0.2) is 35.1 Å². The van der Waals surface area contributed by atoms with Crippen LogP contribution in [0.3, 0.4) is 0 Å². The van der Waals surface area contributed by atoms with Crippen molar-refractivity contribution in [2.75, 3.05) is 30.4 Å². The van der Waals surface area contributed by atoms with Crippen LogP contribution in [-0.2, 0) is 14.8 Å². The maximum absolute atomic E-state index is 13.5. The molecular formula is C23H23ClN2O5S. The van der Waals surface area contributed by atoms with Gasteiger partial charge in [0.2, 0.25) is 5.91 Å². The van der Waals surface area contributed by atoms with Crippen molar-refractivity contribution in [1.29, 1.82) is 0 Å². The molecule has 0 aliphatic heterocycles. The summed E-state index contributed by atoms with van der Waals surface area (Å²) in [7, 11) is -1.08. The molecule has 0 fully saturated rings. The van der Waals surface area contributed by atoms with Crippen LogP contribution in [0.2, 0.25) is 5.02 Å². The van der Waals surface area contributed by atoms with Gasteiger partial charge in [0.15, 0.2) is 0 Å². The largest absolute Gasteiger partial charge is 0.497 e. The van der Waals surface area contributed by atoms with E-state index in [1.807, 2.05) is 0 Å². The van der Waals surface area contributed by atoms with Crippen molar-refractivity contribution in [2.45, 2.75) is 11.8 Å². The first-order valence-corrected chi connectivity index (χ1v) is 11.4. The van der Waals surface area contributed by atoms with Gasteiger partial charge in [-0.3, -0.25) is 9.10 Å². The van der Waals surface area contributed by atoms with Gasteiger partial charge in [-0.25, -0.2) is 8.42 Å². The minimum Gasteiger partial charge on any atom is -0.497 e. The van der Waals surface area contributed by atoms with Gasteiger partial charge in [0.1, 0.15) is 18.0 Å². The van der Waals surface area contributed by atoms with Crippen molar-refractivity contribution in [1.82, 2.24) is 0 Å². The Hall–Kier alpha value is -3.23. The van der Waals surface area contributed by atoms with E-state index in [2.05, 4.69) is 5.32 Å². The van der Waals surface area contributed by atoms with Crippen LogP contribution in [0.1, 0.15) is 5.56 Å². The summed E-state index contributed by atoms with van der Waals surface area (Å²) in [5.74, 6) is 0.367. The van der Waals surface area contributed by atoms with E-state index in [4.69, 9.17) is 21.1 Å². The van der Waals surface area contributed by atoms with Crippen molar-refractivity contribution in [3.05, 3.63) is 77.3 Å². The molecule has 0 saturated carbocycles. The number of rotatable bonds is 8. The Labute approximate surface area is 192 Å². The van der Waals surface area contributed by atoms with Crippen LogP contribution < -0.4 is 19.1 Å². The molecule has 0 radical (unpaired) electrons. The van der Waals surface area contributed by atoms with E-state index in [1.165, 1.54) is 26.4 Å². The number of hydrogen-bond acceptors (Lipinski definition) is 5. The summed E-state index contributed by atoms with van der Waals surface area (Å²) in [5.41, 5.74) is 1.21. The van der Waals surface area contributed by atoms with Crippen LogP contribution in [0.15, 0.2) is 71.6 Å². The molecule has 0 spiro atoms. The normalized spacial score (nSPS) is 11.0. The Bertz CT molecular complexity index is 1220. The van der Waals surface area contributed by atoms with E-state index in [-0.39, 0.29) is 4.90 Å². The molecule has 1 N–H and O–H groups in total. The number of carbonyl (C=O) groups is 1. The summed E-state index contributed by atoms with van der Waals surface area (Å²) >= 11 is 6.24. The molecule has 3 aromatic rings. The summed E-state index contributed by atoms with van der Waals surface area (Å²) in [6, 6.07) is 17.8. The van der Waals surface area contributed by atoms with Gasteiger partial charge in [-0.2, -0.15) is 0 Å². The molecule has 1 amide bonds. The molecule has 0 aliphatic carbocycles. The highest BCUT2D eigenvalue weighted by Crippen LogP contribution is 2.32. The van der Waals surface area contributed by atoms with E-state index in [0.717, 1.165) is 4.31 Å². The van der Waals surface area contributed by atoms with Crippen molar-refractivity contribution < 1.29 is 22.7 Å². The fourth-order valence-corrected chi connectivity index (χ4v) is 4.79. The number of sulfonamides is 1. The predicted octanol–water partition coefficient (Wildman–Crippen LogP) is 4.50. The average Bonchev–Trinajstić information content (AvgIpc) is 2.80. The molecule has 0 aromatic heterocycles. The van der Waals surface area contributed by atoms with Gasteiger partial charge in [-0.1, -0.05) is 35.9 Å². The molecular weight excluding hydrogens is 452 g/mol. The number of nitrogens with zero attached hydrogens (tertiary/aromatic N) is 1. The van der Waals surface area contributed by atoms with Crippen molar-refractivity contribution in [3.63, 3.8) is 0 Å². The zero-order valence-corrected chi connectivity index (χ0v) is 19.4. The van der Waals surface area contributed by atoms with Gasteiger partial charge in [-0.15, -0.1) is 0 Å². The Morgan fingerprint density at radius 3 is 2.38 bits per heavy atom. The summed E-state index contributed by atoms with van der Waals surface area (Å²) in [4.78, 5) is 13.1. The maximum atomic E-state index is 13.5. The number of benzene rings is 3. The summed E-state index contributed by atoms with van der Waals surface area (Å²) in [6.07, 6.45) is 0. The van der Waals surface area contributed by atoms with Crippen molar-refractivity contribution in [3.8, 4) is 11.5 Å². The quantitative estimate of drug-likeness (QED) is 0.519. The molecule has 32 heavy (non-hydrogen) atoms. The monoisotopic (exact) mass is 474 g/mol. The van der Waals surface area contributed by atoms with E-state index in [9.17, 15) is 13.2 Å². The predicted molar refractivity (Wildman–Crippen MR) is 125 cm³/mol. The molecule has 9 heteroatoms. The van der Waals surface area contributed by atoms with Gasteiger partial charge in [0.05, 0.1) is 30.5 Å². The molecule has 0 atom stereocenters. The smallest absolute Gasteiger partial charge is 0.264 e. The number of halogens is 1. The minimum absolute atomic E-state index is 0.0612. The highest BCUT2D eigenvalue weighted by atomic mass is 35.5. The van der Waals surface area contributed by atoms with E-state index >= 15 is 0 Å². The number of hydrogen-bond donors (Lipinski definition) is 1.